The first-order chi connectivity index (χ1) is 8.18. The van der Waals surface area contributed by atoms with Crippen LogP contribution in [0.1, 0.15) is 37.5 Å². The van der Waals surface area contributed by atoms with Gasteiger partial charge in [0, 0.05) is 6.04 Å². The standard InChI is InChI=1S/C15H24N2O/c1-10-6-11(2)8-13(7-10)9-12(3)17-14(18)15(4,5)16/h6-8,12H,9,16H2,1-5H3,(H,17,18). The summed E-state index contributed by atoms with van der Waals surface area (Å²) in [5.41, 5.74) is 8.68. The largest absolute Gasteiger partial charge is 0.352 e. The molecule has 0 radical (unpaired) electrons. The third-order valence-corrected chi connectivity index (χ3v) is 2.79. The number of hydrogen-bond acceptors (Lipinski definition) is 2. The first-order valence-corrected chi connectivity index (χ1v) is 6.35. The van der Waals surface area contributed by atoms with E-state index in [1.807, 2.05) is 6.92 Å². The van der Waals surface area contributed by atoms with E-state index >= 15 is 0 Å². The van der Waals surface area contributed by atoms with Gasteiger partial charge in [0.25, 0.3) is 0 Å². The Morgan fingerprint density at radius 1 is 1.28 bits per heavy atom. The molecule has 1 rings (SSSR count). The summed E-state index contributed by atoms with van der Waals surface area (Å²) in [4.78, 5) is 11.8. The monoisotopic (exact) mass is 248 g/mol. The van der Waals surface area contributed by atoms with Crippen molar-refractivity contribution < 1.29 is 4.79 Å². The van der Waals surface area contributed by atoms with E-state index in [-0.39, 0.29) is 11.9 Å². The minimum absolute atomic E-state index is 0.0847. The van der Waals surface area contributed by atoms with Crippen molar-refractivity contribution in [2.45, 2.75) is 52.6 Å². The second kappa shape index (κ2) is 5.53. The zero-order valence-corrected chi connectivity index (χ0v) is 12.0. The lowest BCUT2D eigenvalue weighted by atomic mass is 10.0. The molecule has 100 valence electrons. The topological polar surface area (TPSA) is 55.1 Å². The van der Waals surface area contributed by atoms with Crippen LogP contribution in [-0.4, -0.2) is 17.5 Å². The van der Waals surface area contributed by atoms with Crippen molar-refractivity contribution in [3.63, 3.8) is 0 Å². The average molecular weight is 248 g/mol. The minimum atomic E-state index is -0.823. The van der Waals surface area contributed by atoms with Gasteiger partial charge in [-0.15, -0.1) is 0 Å². The normalized spacial score (nSPS) is 13.2. The van der Waals surface area contributed by atoms with E-state index in [0.717, 1.165) is 6.42 Å². The Morgan fingerprint density at radius 3 is 2.22 bits per heavy atom. The summed E-state index contributed by atoms with van der Waals surface area (Å²) in [5, 5.41) is 2.94. The molecule has 0 fully saturated rings. The SMILES string of the molecule is Cc1cc(C)cc(CC(C)NC(=O)C(C)(C)N)c1. The Labute approximate surface area is 110 Å². The number of nitrogens with one attached hydrogen (secondary N) is 1. The van der Waals surface area contributed by atoms with Crippen LogP contribution >= 0.6 is 0 Å². The van der Waals surface area contributed by atoms with Crippen LogP contribution in [0.3, 0.4) is 0 Å². The van der Waals surface area contributed by atoms with Crippen LogP contribution in [0.15, 0.2) is 18.2 Å². The van der Waals surface area contributed by atoms with E-state index < -0.39 is 5.54 Å². The zero-order chi connectivity index (χ0) is 13.9. The van der Waals surface area contributed by atoms with Crippen molar-refractivity contribution in [3.8, 4) is 0 Å². The van der Waals surface area contributed by atoms with Gasteiger partial charge in [0.1, 0.15) is 0 Å². The number of rotatable bonds is 4. The molecule has 3 heteroatoms. The van der Waals surface area contributed by atoms with Crippen molar-refractivity contribution in [1.29, 1.82) is 0 Å². The van der Waals surface area contributed by atoms with E-state index in [9.17, 15) is 4.79 Å². The molecule has 0 aromatic heterocycles. The molecule has 0 aliphatic heterocycles. The molecule has 1 aromatic rings. The lowest BCUT2D eigenvalue weighted by molar-refractivity contribution is -0.125. The third kappa shape index (κ3) is 4.49. The summed E-state index contributed by atoms with van der Waals surface area (Å²) >= 11 is 0. The average Bonchev–Trinajstić information content (AvgIpc) is 2.13. The number of nitrogens with two attached hydrogens (primary N) is 1. The fraction of sp³-hybridized carbons (Fsp3) is 0.533. The number of hydrogen-bond donors (Lipinski definition) is 2. The third-order valence-electron chi connectivity index (χ3n) is 2.79. The Balaban J connectivity index is 2.65. The summed E-state index contributed by atoms with van der Waals surface area (Å²) in [5.74, 6) is -0.112. The number of carbonyl (C=O) groups excluding carboxylic acids is 1. The maximum Gasteiger partial charge on any atom is 0.239 e. The summed E-state index contributed by atoms with van der Waals surface area (Å²) in [7, 11) is 0. The van der Waals surface area contributed by atoms with Crippen LogP contribution in [0.2, 0.25) is 0 Å². The number of amides is 1. The second-order valence-electron chi connectivity index (χ2n) is 5.80. The lowest BCUT2D eigenvalue weighted by Crippen LogP contribution is -2.51. The molecule has 0 saturated heterocycles. The Bertz CT molecular complexity index is 412. The Morgan fingerprint density at radius 2 is 1.78 bits per heavy atom. The van der Waals surface area contributed by atoms with Gasteiger partial charge in [-0.25, -0.2) is 0 Å². The highest BCUT2D eigenvalue weighted by Gasteiger charge is 2.23. The molecule has 0 spiro atoms. The fourth-order valence-corrected chi connectivity index (χ4v) is 2.00. The Hall–Kier alpha value is -1.35. The smallest absolute Gasteiger partial charge is 0.239 e. The molecule has 1 atom stereocenters. The lowest BCUT2D eigenvalue weighted by Gasteiger charge is -2.22. The highest BCUT2D eigenvalue weighted by Crippen LogP contribution is 2.11. The van der Waals surface area contributed by atoms with Gasteiger partial charge in [0.05, 0.1) is 5.54 Å². The number of benzene rings is 1. The highest BCUT2D eigenvalue weighted by atomic mass is 16.2. The maximum absolute atomic E-state index is 11.8. The van der Waals surface area contributed by atoms with Crippen molar-refractivity contribution in [1.82, 2.24) is 5.32 Å². The summed E-state index contributed by atoms with van der Waals surface area (Å²) in [6.45, 7) is 9.60. The van der Waals surface area contributed by atoms with Crippen molar-refractivity contribution in [2.75, 3.05) is 0 Å². The summed E-state index contributed by atoms with van der Waals surface area (Å²) in [6, 6.07) is 6.55. The zero-order valence-electron chi connectivity index (χ0n) is 12.0. The van der Waals surface area contributed by atoms with Gasteiger partial charge in [0.15, 0.2) is 0 Å². The van der Waals surface area contributed by atoms with Gasteiger partial charge in [-0.3, -0.25) is 4.79 Å². The second-order valence-corrected chi connectivity index (χ2v) is 5.80. The van der Waals surface area contributed by atoms with Crippen LogP contribution < -0.4 is 11.1 Å². The van der Waals surface area contributed by atoms with E-state index in [1.165, 1.54) is 16.7 Å². The number of carbonyl (C=O) groups is 1. The van der Waals surface area contributed by atoms with E-state index in [2.05, 4.69) is 37.4 Å². The van der Waals surface area contributed by atoms with Crippen LogP contribution in [-0.2, 0) is 11.2 Å². The summed E-state index contributed by atoms with van der Waals surface area (Å²) in [6.07, 6.45) is 0.824. The van der Waals surface area contributed by atoms with Gasteiger partial charge in [-0.05, 0) is 46.6 Å². The van der Waals surface area contributed by atoms with Gasteiger partial charge >= 0.3 is 0 Å². The molecule has 18 heavy (non-hydrogen) atoms. The molecule has 0 aliphatic rings. The van der Waals surface area contributed by atoms with Crippen LogP contribution in [0, 0.1) is 13.8 Å². The molecule has 3 nitrogen and oxygen atoms in total. The predicted molar refractivity (Wildman–Crippen MR) is 75.5 cm³/mol. The quantitative estimate of drug-likeness (QED) is 0.857. The fourth-order valence-electron chi connectivity index (χ4n) is 2.00. The molecule has 0 heterocycles. The van der Waals surface area contributed by atoms with Crippen LogP contribution in [0.25, 0.3) is 0 Å². The van der Waals surface area contributed by atoms with E-state index in [4.69, 9.17) is 5.73 Å². The molecule has 0 aliphatic carbocycles. The molecule has 0 saturated carbocycles. The van der Waals surface area contributed by atoms with Crippen molar-refractivity contribution >= 4 is 5.91 Å². The van der Waals surface area contributed by atoms with Crippen molar-refractivity contribution in [2.24, 2.45) is 5.73 Å². The van der Waals surface area contributed by atoms with E-state index in [1.54, 1.807) is 13.8 Å². The molecular weight excluding hydrogens is 224 g/mol. The number of aryl methyl sites for hydroxylation is 2. The minimum Gasteiger partial charge on any atom is -0.352 e. The summed E-state index contributed by atoms with van der Waals surface area (Å²) < 4.78 is 0. The molecular formula is C15H24N2O. The molecule has 1 amide bonds. The van der Waals surface area contributed by atoms with Crippen molar-refractivity contribution in [3.05, 3.63) is 34.9 Å². The highest BCUT2D eigenvalue weighted by molar-refractivity contribution is 5.85. The molecule has 1 aromatic carbocycles. The van der Waals surface area contributed by atoms with Gasteiger partial charge in [0.2, 0.25) is 5.91 Å². The predicted octanol–water partition coefficient (Wildman–Crippen LogP) is 2.09. The van der Waals surface area contributed by atoms with E-state index in [0.29, 0.717) is 0 Å². The first-order valence-electron chi connectivity index (χ1n) is 6.35. The van der Waals surface area contributed by atoms with Gasteiger partial charge in [-0.2, -0.15) is 0 Å². The van der Waals surface area contributed by atoms with Gasteiger partial charge in [-0.1, -0.05) is 29.3 Å². The van der Waals surface area contributed by atoms with Gasteiger partial charge < -0.3 is 11.1 Å². The molecule has 1 unspecified atom stereocenters. The van der Waals surface area contributed by atoms with Crippen LogP contribution in [0.4, 0.5) is 0 Å². The Kier molecular flexibility index (Phi) is 4.52. The molecule has 0 bridgehead atoms. The van der Waals surface area contributed by atoms with Crippen LogP contribution in [0.5, 0.6) is 0 Å². The first kappa shape index (κ1) is 14.7. The molecule has 3 N–H and O–H groups in total. The maximum atomic E-state index is 11.8.